The standard InChI is InChI=1S/C13H12N4O2/c1-7-3-5-8(6-4-7)10-14-9-11(15-10)17(2)13(19)16-12(9)18/h3-6H,1-2H3,(H,14,15)(H,16,18,19). The van der Waals surface area contributed by atoms with Gasteiger partial charge in [-0.1, -0.05) is 29.8 Å². The molecule has 0 saturated carbocycles. The third-order valence-electron chi connectivity index (χ3n) is 3.08. The van der Waals surface area contributed by atoms with E-state index in [9.17, 15) is 9.59 Å². The first-order valence-electron chi connectivity index (χ1n) is 5.82. The smallest absolute Gasteiger partial charge is 0.329 e. The van der Waals surface area contributed by atoms with Crippen LogP contribution in [0.2, 0.25) is 0 Å². The first kappa shape index (κ1) is 11.5. The van der Waals surface area contributed by atoms with Gasteiger partial charge in [-0.25, -0.2) is 9.78 Å². The average Bonchev–Trinajstić information content (AvgIpc) is 2.83. The van der Waals surface area contributed by atoms with E-state index in [-0.39, 0.29) is 0 Å². The molecule has 0 amide bonds. The molecule has 0 aliphatic rings. The van der Waals surface area contributed by atoms with E-state index in [1.54, 1.807) is 7.05 Å². The number of hydrogen-bond acceptors (Lipinski definition) is 3. The zero-order valence-corrected chi connectivity index (χ0v) is 10.5. The van der Waals surface area contributed by atoms with Gasteiger partial charge in [-0.15, -0.1) is 0 Å². The summed E-state index contributed by atoms with van der Waals surface area (Å²) < 4.78 is 1.31. The highest BCUT2D eigenvalue weighted by atomic mass is 16.2. The molecule has 0 aliphatic carbocycles. The van der Waals surface area contributed by atoms with Gasteiger partial charge < -0.3 is 4.98 Å². The maximum atomic E-state index is 11.7. The van der Waals surface area contributed by atoms with Crippen molar-refractivity contribution >= 4 is 11.2 Å². The van der Waals surface area contributed by atoms with E-state index in [0.29, 0.717) is 17.0 Å². The van der Waals surface area contributed by atoms with Crippen molar-refractivity contribution in [3.05, 3.63) is 50.7 Å². The third-order valence-corrected chi connectivity index (χ3v) is 3.08. The molecule has 0 radical (unpaired) electrons. The Kier molecular flexibility index (Phi) is 2.38. The van der Waals surface area contributed by atoms with Crippen LogP contribution in [0.4, 0.5) is 0 Å². The highest BCUT2D eigenvalue weighted by molar-refractivity contribution is 5.75. The molecule has 6 heteroatoms. The molecule has 19 heavy (non-hydrogen) atoms. The van der Waals surface area contributed by atoms with E-state index in [1.165, 1.54) is 4.57 Å². The zero-order valence-electron chi connectivity index (χ0n) is 10.5. The fourth-order valence-electron chi connectivity index (χ4n) is 1.95. The summed E-state index contributed by atoms with van der Waals surface area (Å²) in [5.41, 5.74) is 1.74. The minimum Gasteiger partial charge on any atom is -0.332 e. The Bertz CT molecular complexity index is 868. The van der Waals surface area contributed by atoms with E-state index in [4.69, 9.17) is 0 Å². The molecule has 2 aromatic heterocycles. The third kappa shape index (κ3) is 1.77. The van der Waals surface area contributed by atoms with Crippen molar-refractivity contribution < 1.29 is 0 Å². The van der Waals surface area contributed by atoms with Crippen LogP contribution in [0, 0.1) is 6.92 Å². The van der Waals surface area contributed by atoms with Crippen molar-refractivity contribution in [3.8, 4) is 11.4 Å². The van der Waals surface area contributed by atoms with Crippen LogP contribution in [0.5, 0.6) is 0 Å². The molecule has 96 valence electrons. The maximum absolute atomic E-state index is 11.7. The molecule has 0 unspecified atom stereocenters. The molecule has 2 N–H and O–H groups in total. The highest BCUT2D eigenvalue weighted by Gasteiger charge is 2.11. The molecule has 6 nitrogen and oxygen atoms in total. The van der Waals surface area contributed by atoms with Gasteiger partial charge in [-0.05, 0) is 6.92 Å². The van der Waals surface area contributed by atoms with Crippen LogP contribution in [0.25, 0.3) is 22.6 Å². The van der Waals surface area contributed by atoms with E-state index in [0.717, 1.165) is 11.1 Å². The number of nitrogens with one attached hydrogen (secondary N) is 2. The van der Waals surface area contributed by atoms with Gasteiger partial charge in [0.15, 0.2) is 5.65 Å². The quantitative estimate of drug-likeness (QED) is 0.679. The highest BCUT2D eigenvalue weighted by Crippen LogP contribution is 2.18. The summed E-state index contributed by atoms with van der Waals surface area (Å²) in [6.45, 7) is 2.00. The van der Waals surface area contributed by atoms with Gasteiger partial charge in [-0.2, -0.15) is 0 Å². The monoisotopic (exact) mass is 256 g/mol. The predicted octanol–water partition coefficient (Wildman–Crippen LogP) is 0.925. The number of rotatable bonds is 1. The minimum atomic E-state index is -0.473. The molecule has 1 aromatic carbocycles. The lowest BCUT2D eigenvalue weighted by molar-refractivity contribution is 0.832. The Labute approximate surface area is 107 Å². The second-order valence-corrected chi connectivity index (χ2v) is 4.47. The number of aromatic nitrogens is 4. The van der Waals surface area contributed by atoms with Gasteiger partial charge >= 0.3 is 5.69 Å². The first-order valence-corrected chi connectivity index (χ1v) is 5.82. The van der Waals surface area contributed by atoms with Crippen LogP contribution in [0.15, 0.2) is 33.9 Å². The average molecular weight is 256 g/mol. The van der Waals surface area contributed by atoms with E-state index < -0.39 is 11.2 Å². The lowest BCUT2D eigenvalue weighted by Gasteiger charge is -1.96. The van der Waals surface area contributed by atoms with Crippen LogP contribution in [0.1, 0.15) is 5.56 Å². The van der Waals surface area contributed by atoms with Crippen molar-refractivity contribution in [2.45, 2.75) is 6.92 Å². The lowest BCUT2D eigenvalue weighted by atomic mass is 10.1. The minimum absolute atomic E-state index is 0.303. The Morgan fingerprint density at radius 1 is 1.11 bits per heavy atom. The number of benzene rings is 1. The molecule has 0 fully saturated rings. The molecule has 0 aliphatic heterocycles. The van der Waals surface area contributed by atoms with Crippen molar-refractivity contribution in [2.24, 2.45) is 7.05 Å². The van der Waals surface area contributed by atoms with Crippen molar-refractivity contribution in [1.29, 1.82) is 0 Å². The number of H-pyrrole nitrogens is 2. The van der Waals surface area contributed by atoms with Crippen LogP contribution in [0.3, 0.4) is 0 Å². The van der Waals surface area contributed by atoms with Gasteiger partial charge in [0.2, 0.25) is 0 Å². The van der Waals surface area contributed by atoms with Crippen LogP contribution in [-0.4, -0.2) is 19.5 Å². The number of imidazole rings is 1. The summed E-state index contributed by atoms with van der Waals surface area (Å²) in [7, 11) is 1.57. The SMILES string of the molecule is Cc1ccc(-c2nc3c([nH]2)c(=O)[nH]c(=O)n3C)cc1. The zero-order chi connectivity index (χ0) is 13.6. The number of fused-ring (bicyclic) bond motifs is 1. The molecule has 0 spiro atoms. The van der Waals surface area contributed by atoms with Crippen LogP contribution >= 0.6 is 0 Å². The van der Waals surface area contributed by atoms with Gasteiger partial charge in [0.05, 0.1) is 0 Å². The van der Waals surface area contributed by atoms with Crippen LogP contribution < -0.4 is 11.2 Å². The molecule has 0 bridgehead atoms. The molecule has 0 atom stereocenters. The van der Waals surface area contributed by atoms with Gasteiger partial charge in [0.25, 0.3) is 5.56 Å². The molecular weight excluding hydrogens is 244 g/mol. The molecule has 3 aromatic rings. The molecular formula is C13H12N4O2. The number of aryl methyl sites for hydroxylation is 2. The van der Waals surface area contributed by atoms with Gasteiger partial charge in [0.1, 0.15) is 11.3 Å². The Morgan fingerprint density at radius 3 is 2.47 bits per heavy atom. The fraction of sp³-hybridized carbons (Fsp3) is 0.154. The summed E-state index contributed by atoms with van der Waals surface area (Å²) in [5, 5.41) is 0. The van der Waals surface area contributed by atoms with Crippen molar-refractivity contribution in [1.82, 2.24) is 19.5 Å². The topological polar surface area (TPSA) is 83.5 Å². The second kappa shape index (κ2) is 3.94. The summed E-state index contributed by atoms with van der Waals surface area (Å²) >= 11 is 0. The number of hydrogen-bond donors (Lipinski definition) is 2. The molecule has 3 rings (SSSR count). The van der Waals surface area contributed by atoms with Gasteiger partial charge in [-0.3, -0.25) is 14.3 Å². The van der Waals surface area contributed by atoms with Crippen molar-refractivity contribution in [2.75, 3.05) is 0 Å². The first-order chi connectivity index (χ1) is 9.06. The number of aromatic amines is 2. The molecule has 0 saturated heterocycles. The van der Waals surface area contributed by atoms with E-state index in [2.05, 4.69) is 15.0 Å². The summed E-state index contributed by atoms with van der Waals surface area (Å²) in [6.07, 6.45) is 0. The molecule has 2 heterocycles. The van der Waals surface area contributed by atoms with Crippen LogP contribution in [-0.2, 0) is 7.05 Å². The summed E-state index contributed by atoms with van der Waals surface area (Å²) in [5.74, 6) is 0.571. The Hall–Kier alpha value is -2.63. The van der Waals surface area contributed by atoms with E-state index >= 15 is 0 Å². The van der Waals surface area contributed by atoms with E-state index in [1.807, 2.05) is 31.2 Å². The fourth-order valence-corrected chi connectivity index (χ4v) is 1.95. The Morgan fingerprint density at radius 2 is 1.79 bits per heavy atom. The lowest BCUT2D eigenvalue weighted by Crippen LogP contribution is -2.28. The number of nitrogens with zero attached hydrogens (tertiary/aromatic N) is 2. The predicted molar refractivity (Wildman–Crippen MR) is 72.1 cm³/mol. The summed E-state index contributed by atoms with van der Waals surface area (Å²) in [6, 6.07) is 7.76. The Balaban J connectivity index is 2.30. The van der Waals surface area contributed by atoms with Gasteiger partial charge in [0, 0.05) is 12.6 Å². The summed E-state index contributed by atoms with van der Waals surface area (Å²) in [4.78, 5) is 32.7. The van der Waals surface area contributed by atoms with Crippen molar-refractivity contribution in [3.63, 3.8) is 0 Å². The second-order valence-electron chi connectivity index (χ2n) is 4.47. The normalized spacial score (nSPS) is 11.1. The largest absolute Gasteiger partial charge is 0.332 e. The maximum Gasteiger partial charge on any atom is 0.329 e.